The molecule has 9 heteroatoms. The summed E-state index contributed by atoms with van der Waals surface area (Å²) in [4.78, 5) is 37.0. The van der Waals surface area contributed by atoms with Gasteiger partial charge < -0.3 is 15.4 Å². The quantitative estimate of drug-likeness (QED) is 0.706. The molecule has 2 amide bonds. The first kappa shape index (κ1) is 18.5. The van der Waals surface area contributed by atoms with Gasteiger partial charge in [-0.3, -0.25) is 15.0 Å². The molecular weight excluding hydrogens is 350 g/mol. The molecule has 24 heavy (non-hydrogen) atoms. The van der Waals surface area contributed by atoms with Crippen molar-refractivity contribution in [3.05, 3.63) is 15.8 Å². The highest BCUT2D eigenvalue weighted by molar-refractivity contribution is 8.15. The summed E-state index contributed by atoms with van der Waals surface area (Å²) in [5, 5.41) is 11.9. The van der Waals surface area contributed by atoms with Crippen molar-refractivity contribution in [3.63, 3.8) is 0 Å². The highest BCUT2D eigenvalue weighted by Crippen LogP contribution is 2.36. The van der Waals surface area contributed by atoms with Crippen molar-refractivity contribution in [2.45, 2.75) is 37.9 Å². The second-order valence-corrected chi connectivity index (χ2v) is 8.54. The van der Waals surface area contributed by atoms with Gasteiger partial charge in [-0.15, -0.1) is 11.3 Å². The van der Waals surface area contributed by atoms with E-state index in [1.807, 2.05) is 20.8 Å². The lowest BCUT2D eigenvalue weighted by Gasteiger charge is -2.15. The van der Waals surface area contributed by atoms with Crippen LogP contribution in [0, 0.1) is 5.41 Å². The minimum absolute atomic E-state index is 0.0404. The third-order valence-corrected chi connectivity index (χ3v) is 5.82. The van der Waals surface area contributed by atoms with Crippen LogP contribution in [-0.2, 0) is 19.7 Å². The normalized spacial score (nSPS) is 17.6. The molecular formula is C15H19N3O4S2. The summed E-state index contributed by atoms with van der Waals surface area (Å²) < 4.78 is 4.77. The molecule has 1 aromatic rings. The number of thiophene rings is 1. The fourth-order valence-corrected chi connectivity index (χ4v) is 3.95. The number of anilines is 1. The van der Waals surface area contributed by atoms with Crippen LogP contribution >= 0.6 is 23.1 Å². The van der Waals surface area contributed by atoms with Gasteiger partial charge in [-0.1, -0.05) is 32.5 Å². The van der Waals surface area contributed by atoms with Crippen LogP contribution in [0.25, 0.3) is 0 Å². The predicted molar refractivity (Wildman–Crippen MR) is 94.9 cm³/mol. The largest absolute Gasteiger partial charge is 0.465 e. The number of amidine groups is 1. The Morgan fingerprint density at radius 3 is 2.58 bits per heavy atom. The van der Waals surface area contributed by atoms with Crippen molar-refractivity contribution >= 4 is 51.7 Å². The molecule has 0 bridgehead atoms. The van der Waals surface area contributed by atoms with Crippen molar-refractivity contribution in [1.82, 2.24) is 5.32 Å². The van der Waals surface area contributed by atoms with Crippen molar-refractivity contribution in [2.75, 3.05) is 12.4 Å². The van der Waals surface area contributed by atoms with Crippen LogP contribution in [0.4, 0.5) is 5.69 Å². The summed E-state index contributed by atoms with van der Waals surface area (Å²) in [5.41, 5.74) is 0.215. The van der Waals surface area contributed by atoms with Crippen LogP contribution in [0.5, 0.6) is 0 Å². The van der Waals surface area contributed by atoms with E-state index in [1.54, 1.807) is 6.07 Å². The fraction of sp³-hybridized carbons (Fsp3) is 0.467. The summed E-state index contributed by atoms with van der Waals surface area (Å²) in [6.45, 7) is 6.03. The van der Waals surface area contributed by atoms with Gasteiger partial charge in [0.05, 0.1) is 12.8 Å². The second-order valence-electron chi connectivity index (χ2n) is 6.27. The molecule has 0 aromatic carbocycles. The second kappa shape index (κ2) is 6.94. The summed E-state index contributed by atoms with van der Waals surface area (Å²) in [6.07, 6.45) is -0.0693. The Balaban J connectivity index is 2.17. The number of esters is 1. The topological polar surface area (TPSA) is 108 Å². The van der Waals surface area contributed by atoms with Crippen molar-refractivity contribution < 1.29 is 19.1 Å². The first-order chi connectivity index (χ1) is 11.1. The Kier molecular flexibility index (Phi) is 5.34. The molecule has 130 valence electrons. The molecule has 0 radical (unpaired) electrons. The van der Waals surface area contributed by atoms with Crippen LogP contribution in [0.15, 0.2) is 6.07 Å². The average Bonchev–Trinajstić information content (AvgIpc) is 3.01. The molecule has 1 aliphatic heterocycles. The Morgan fingerprint density at radius 1 is 1.42 bits per heavy atom. The maximum Gasteiger partial charge on any atom is 0.350 e. The summed E-state index contributed by atoms with van der Waals surface area (Å²) in [5.74, 6) is -1.25. The fourth-order valence-electron chi connectivity index (χ4n) is 2.02. The molecule has 1 unspecified atom stereocenters. The van der Waals surface area contributed by atoms with E-state index < -0.39 is 11.2 Å². The van der Waals surface area contributed by atoms with Crippen LogP contribution in [0.1, 0.15) is 41.7 Å². The number of hydrogen-bond donors (Lipinski definition) is 3. The Bertz CT molecular complexity index is 706. The first-order valence-corrected chi connectivity index (χ1v) is 8.90. The smallest absolute Gasteiger partial charge is 0.350 e. The van der Waals surface area contributed by atoms with Gasteiger partial charge in [0, 0.05) is 11.3 Å². The molecule has 2 rings (SSSR count). The molecule has 0 saturated carbocycles. The number of rotatable bonds is 4. The number of ether oxygens (including phenoxy) is 1. The first-order valence-electron chi connectivity index (χ1n) is 7.20. The lowest BCUT2D eigenvalue weighted by atomic mass is 9.94. The Morgan fingerprint density at radius 2 is 2.08 bits per heavy atom. The lowest BCUT2D eigenvalue weighted by molar-refractivity contribution is -0.122. The standard InChI is InChI=1S/C15H19N3O4S2/c1-15(2,3)9-5-7(11(24-9)13(21)22-4)17-10(19)6-8-12(20)18-14(16)23-8/h5,8H,6H2,1-4H3,(H,17,19)(H2,16,18,20). The zero-order valence-corrected chi connectivity index (χ0v) is 15.4. The van der Waals surface area contributed by atoms with E-state index in [9.17, 15) is 14.4 Å². The van der Waals surface area contributed by atoms with Gasteiger partial charge in [-0.2, -0.15) is 0 Å². The molecule has 1 aromatic heterocycles. The number of thioether (sulfide) groups is 1. The van der Waals surface area contributed by atoms with Gasteiger partial charge in [0.15, 0.2) is 5.17 Å². The van der Waals surface area contributed by atoms with Gasteiger partial charge in [0.2, 0.25) is 11.8 Å². The van der Waals surface area contributed by atoms with Gasteiger partial charge in [0.1, 0.15) is 10.1 Å². The van der Waals surface area contributed by atoms with Crippen molar-refractivity contribution in [1.29, 1.82) is 5.41 Å². The minimum atomic E-state index is -0.625. The maximum atomic E-state index is 12.2. The number of nitrogens with one attached hydrogen (secondary N) is 3. The number of hydrogen-bond acceptors (Lipinski definition) is 7. The van der Waals surface area contributed by atoms with E-state index in [0.29, 0.717) is 10.6 Å². The summed E-state index contributed by atoms with van der Waals surface area (Å²) in [7, 11) is 1.29. The average molecular weight is 369 g/mol. The highest BCUT2D eigenvalue weighted by atomic mass is 32.2. The van der Waals surface area contributed by atoms with E-state index >= 15 is 0 Å². The van der Waals surface area contributed by atoms with Crippen LogP contribution < -0.4 is 10.6 Å². The maximum absolute atomic E-state index is 12.2. The van der Waals surface area contributed by atoms with E-state index in [-0.39, 0.29) is 28.8 Å². The van der Waals surface area contributed by atoms with Crippen LogP contribution in [0.2, 0.25) is 0 Å². The van der Waals surface area contributed by atoms with E-state index in [1.165, 1.54) is 18.4 Å². The van der Waals surface area contributed by atoms with Gasteiger partial charge in [-0.05, 0) is 11.5 Å². The van der Waals surface area contributed by atoms with Crippen LogP contribution in [-0.4, -0.2) is 35.3 Å². The summed E-state index contributed by atoms with van der Waals surface area (Å²) >= 11 is 2.29. The zero-order valence-electron chi connectivity index (χ0n) is 13.8. The van der Waals surface area contributed by atoms with Gasteiger partial charge in [0.25, 0.3) is 0 Å². The number of carbonyl (C=O) groups excluding carboxylic acids is 3. The SMILES string of the molecule is COC(=O)c1sc(C(C)(C)C)cc1NC(=O)CC1SC(=N)NC1=O. The summed E-state index contributed by atoms with van der Waals surface area (Å²) in [6, 6.07) is 1.76. The predicted octanol–water partition coefficient (Wildman–Crippen LogP) is 2.33. The number of amides is 2. The molecule has 1 saturated heterocycles. The molecule has 0 aliphatic carbocycles. The molecule has 2 heterocycles. The molecule has 1 atom stereocenters. The molecule has 1 aliphatic rings. The Hall–Kier alpha value is -1.87. The molecule has 1 fully saturated rings. The third-order valence-electron chi connectivity index (χ3n) is 3.28. The number of carbonyl (C=O) groups is 3. The molecule has 0 spiro atoms. The van der Waals surface area contributed by atoms with E-state index in [2.05, 4.69) is 10.6 Å². The molecule has 3 N–H and O–H groups in total. The van der Waals surface area contributed by atoms with Gasteiger partial charge >= 0.3 is 5.97 Å². The van der Waals surface area contributed by atoms with E-state index in [0.717, 1.165) is 16.6 Å². The van der Waals surface area contributed by atoms with E-state index in [4.69, 9.17) is 10.1 Å². The van der Waals surface area contributed by atoms with Crippen LogP contribution in [0.3, 0.4) is 0 Å². The minimum Gasteiger partial charge on any atom is -0.465 e. The monoisotopic (exact) mass is 369 g/mol. The van der Waals surface area contributed by atoms with Crippen molar-refractivity contribution in [3.8, 4) is 0 Å². The van der Waals surface area contributed by atoms with Crippen molar-refractivity contribution in [2.24, 2.45) is 0 Å². The van der Waals surface area contributed by atoms with Gasteiger partial charge in [-0.25, -0.2) is 4.79 Å². The third kappa shape index (κ3) is 4.15. The highest BCUT2D eigenvalue weighted by Gasteiger charge is 2.32. The zero-order chi connectivity index (χ0) is 18.1. The Labute approximate surface area is 148 Å². The number of methoxy groups -OCH3 is 1. The lowest BCUT2D eigenvalue weighted by Crippen LogP contribution is -2.28. The molecule has 7 nitrogen and oxygen atoms in total.